The molecule has 0 saturated heterocycles. The number of esters is 3. The average molecular weight is 843 g/mol. The van der Waals surface area contributed by atoms with E-state index >= 15 is 0 Å². The predicted molar refractivity (Wildman–Crippen MR) is 239 cm³/mol. The summed E-state index contributed by atoms with van der Waals surface area (Å²) in [5.41, 5.74) is -1.35. The number of hydrogen-bond acceptors (Lipinski definition) is 8. The molecule has 61 heavy (non-hydrogen) atoms. The van der Waals surface area contributed by atoms with Crippen LogP contribution in [0.1, 0.15) is 171 Å². The molecule has 9 atom stereocenters. The number of carbonyl (C=O) groups excluding carboxylic acids is 3. The summed E-state index contributed by atoms with van der Waals surface area (Å²) in [5.74, 6) is 6.48. The lowest BCUT2D eigenvalue weighted by molar-refractivity contribution is -0.225. The Morgan fingerprint density at radius 3 is 1.79 bits per heavy atom. The van der Waals surface area contributed by atoms with Crippen LogP contribution in [0.25, 0.3) is 10.8 Å². The van der Waals surface area contributed by atoms with Gasteiger partial charge in [0.1, 0.15) is 23.6 Å². The van der Waals surface area contributed by atoms with E-state index in [9.17, 15) is 24.6 Å². The average Bonchev–Trinajstić information content (AvgIpc) is 4.01. The number of rotatable bonds is 11. The minimum Gasteiger partial charge on any atom is -0.507 e. The second-order valence-electron chi connectivity index (χ2n) is 22.9. The molecule has 2 aromatic carbocycles. The second kappa shape index (κ2) is 16.8. The fourth-order valence-electron chi connectivity index (χ4n) is 13.4. The molecule has 8 saturated carbocycles. The summed E-state index contributed by atoms with van der Waals surface area (Å²) >= 11 is 0. The Hall–Kier alpha value is -3.13. The summed E-state index contributed by atoms with van der Waals surface area (Å²) in [6.45, 7) is 20.3. The number of ether oxygens (including phenoxy) is 3. The molecule has 8 nitrogen and oxygen atoms in total. The summed E-state index contributed by atoms with van der Waals surface area (Å²) in [5, 5.41) is 22.2. The van der Waals surface area contributed by atoms with Crippen molar-refractivity contribution in [2.24, 2.45) is 63.6 Å². The van der Waals surface area contributed by atoms with Gasteiger partial charge in [-0.2, -0.15) is 0 Å². The molecule has 338 valence electrons. The van der Waals surface area contributed by atoms with Crippen molar-refractivity contribution in [3.05, 3.63) is 42.0 Å². The lowest BCUT2D eigenvalue weighted by Crippen LogP contribution is -2.61. The zero-order valence-corrected chi connectivity index (χ0v) is 39.2. The van der Waals surface area contributed by atoms with Crippen LogP contribution in [0.2, 0.25) is 0 Å². The standard InChI is InChI=1S/C20H32O2.C17H20O3.C16H26O3/c1-5-19(3,4)18(21)22-20(6-2)11-14-10-15(20)17-13-8-7-12(9-13)16(14)17;1-4-17(2,3)16(19)20-11-12-9-10-15(18)14-8-6-5-7-13(12)14;1-4-14(2,3)13(17)19-16-8-11-5-12(9-16)7-15(18,6-11)10-16/h12-17H,5-11H2,1-4H3;5-10,18H,4,11H2,1-3H3;11-12,18H,4-10H2,1-3H3. The van der Waals surface area contributed by atoms with Crippen molar-refractivity contribution in [2.45, 2.75) is 189 Å². The van der Waals surface area contributed by atoms with Gasteiger partial charge in [-0.25, -0.2) is 0 Å². The fraction of sp³-hybridized carbons (Fsp3) is 0.755. The van der Waals surface area contributed by atoms with Crippen LogP contribution in [-0.4, -0.2) is 44.9 Å². The van der Waals surface area contributed by atoms with E-state index in [0.29, 0.717) is 24.2 Å². The largest absolute Gasteiger partial charge is 0.507 e. The third-order valence-electron chi connectivity index (χ3n) is 17.7. The third-order valence-corrected chi connectivity index (χ3v) is 17.7. The number of hydrogen-bond donors (Lipinski definition) is 2. The van der Waals surface area contributed by atoms with Gasteiger partial charge in [-0.15, -0.1) is 0 Å². The summed E-state index contributed by atoms with van der Waals surface area (Å²) in [7, 11) is 0. The molecular formula is C53H78O8. The maximum atomic E-state index is 12.7. The van der Waals surface area contributed by atoms with Crippen molar-refractivity contribution in [2.75, 3.05) is 0 Å². The highest BCUT2D eigenvalue weighted by molar-refractivity contribution is 5.91. The predicted octanol–water partition coefficient (Wildman–Crippen LogP) is 11.9. The molecule has 2 aromatic rings. The van der Waals surface area contributed by atoms with Crippen LogP contribution < -0.4 is 0 Å². The van der Waals surface area contributed by atoms with Crippen molar-refractivity contribution in [3.63, 3.8) is 0 Å². The Morgan fingerprint density at radius 2 is 1.21 bits per heavy atom. The molecule has 0 radical (unpaired) electrons. The van der Waals surface area contributed by atoms with Crippen LogP contribution in [0, 0.1) is 63.6 Å². The van der Waals surface area contributed by atoms with E-state index in [1.54, 1.807) is 12.1 Å². The smallest absolute Gasteiger partial charge is 0.312 e. The second-order valence-corrected chi connectivity index (χ2v) is 22.9. The first-order chi connectivity index (χ1) is 28.6. The molecule has 0 amide bonds. The molecular weight excluding hydrogens is 765 g/mol. The normalized spacial score (nSPS) is 35.2. The molecule has 8 heteroatoms. The molecule has 10 rings (SSSR count). The van der Waals surface area contributed by atoms with Gasteiger partial charge in [0.05, 0.1) is 21.8 Å². The number of phenolic OH excluding ortho intramolecular Hbond substituents is 1. The van der Waals surface area contributed by atoms with Crippen LogP contribution in [-0.2, 0) is 35.2 Å². The van der Waals surface area contributed by atoms with E-state index in [1.807, 2.05) is 79.7 Å². The van der Waals surface area contributed by atoms with E-state index in [-0.39, 0.29) is 46.9 Å². The maximum Gasteiger partial charge on any atom is 0.312 e. The van der Waals surface area contributed by atoms with Crippen molar-refractivity contribution in [1.82, 2.24) is 0 Å². The van der Waals surface area contributed by atoms with Crippen LogP contribution in [0.4, 0.5) is 0 Å². The van der Waals surface area contributed by atoms with Gasteiger partial charge in [0, 0.05) is 17.7 Å². The Morgan fingerprint density at radius 1 is 0.656 bits per heavy atom. The highest BCUT2D eigenvalue weighted by Gasteiger charge is 2.68. The Labute approximate surface area is 366 Å². The van der Waals surface area contributed by atoms with E-state index in [0.717, 1.165) is 104 Å². The zero-order chi connectivity index (χ0) is 44.3. The summed E-state index contributed by atoms with van der Waals surface area (Å²) in [6.07, 6.45) is 16.0. The highest BCUT2D eigenvalue weighted by atomic mass is 16.6. The SMILES string of the molecule is CCC(C)(C)C(=O)OC1(CC)CC2CC1C1C3CCC(C3)C21.CCC(C)(C)C(=O)OC12CC3CC(CC(O)(C3)C1)C2.CCC(C)(C)C(=O)OCc1ccc(O)c2ccccc12. The van der Waals surface area contributed by atoms with E-state index in [1.165, 1.54) is 32.1 Å². The molecule has 0 spiro atoms. The zero-order valence-electron chi connectivity index (χ0n) is 39.2. The summed E-state index contributed by atoms with van der Waals surface area (Å²) in [6, 6.07) is 11.0. The van der Waals surface area contributed by atoms with Crippen LogP contribution in [0.15, 0.2) is 36.4 Å². The van der Waals surface area contributed by atoms with Gasteiger partial charge >= 0.3 is 17.9 Å². The van der Waals surface area contributed by atoms with Crippen molar-refractivity contribution in [1.29, 1.82) is 0 Å². The minimum absolute atomic E-state index is 0.0455. The molecule has 2 N–H and O–H groups in total. The van der Waals surface area contributed by atoms with Crippen molar-refractivity contribution in [3.8, 4) is 5.75 Å². The van der Waals surface area contributed by atoms with Gasteiger partial charge in [-0.1, -0.05) is 58.0 Å². The lowest BCUT2D eigenvalue weighted by atomic mass is 9.52. The maximum absolute atomic E-state index is 12.7. The van der Waals surface area contributed by atoms with Gasteiger partial charge in [0.15, 0.2) is 0 Å². The number of fused-ring (bicyclic) bond motifs is 10. The molecule has 0 heterocycles. The molecule has 8 fully saturated rings. The van der Waals surface area contributed by atoms with E-state index in [4.69, 9.17) is 14.2 Å². The van der Waals surface area contributed by atoms with Gasteiger partial charge < -0.3 is 24.4 Å². The topological polar surface area (TPSA) is 119 Å². The first-order valence-corrected chi connectivity index (χ1v) is 24.2. The first kappa shape index (κ1) is 45.9. The molecule has 0 aromatic heterocycles. The molecule has 9 unspecified atom stereocenters. The van der Waals surface area contributed by atoms with Crippen LogP contribution >= 0.6 is 0 Å². The number of aromatic hydroxyl groups is 1. The fourth-order valence-corrected chi connectivity index (χ4v) is 13.4. The molecule has 8 bridgehead atoms. The molecule has 8 aliphatic carbocycles. The molecule has 8 aliphatic rings. The number of aliphatic hydroxyl groups is 1. The van der Waals surface area contributed by atoms with Gasteiger partial charge in [0.25, 0.3) is 0 Å². The summed E-state index contributed by atoms with van der Waals surface area (Å²) < 4.78 is 17.7. The number of benzene rings is 2. The Kier molecular flexibility index (Phi) is 12.6. The van der Waals surface area contributed by atoms with Crippen molar-refractivity contribution >= 4 is 28.7 Å². The highest BCUT2D eigenvalue weighted by Crippen LogP contribution is 2.71. The first-order valence-electron chi connectivity index (χ1n) is 24.2. The third kappa shape index (κ3) is 8.75. The van der Waals surface area contributed by atoms with Gasteiger partial charge in [-0.05, 0) is 190 Å². The number of carbonyl (C=O) groups is 3. The monoisotopic (exact) mass is 843 g/mol. The van der Waals surface area contributed by atoms with E-state index < -0.39 is 16.4 Å². The van der Waals surface area contributed by atoms with Crippen LogP contribution in [0.5, 0.6) is 5.75 Å². The van der Waals surface area contributed by atoms with Crippen LogP contribution in [0.3, 0.4) is 0 Å². The van der Waals surface area contributed by atoms with E-state index in [2.05, 4.69) is 13.8 Å². The van der Waals surface area contributed by atoms with Gasteiger partial charge in [-0.3, -0.25) is 14.4 Å². The Bertz CT molecular complexity index is 1930. The minimum atomic E-state index is -0.555. The quantitative estimate of drug-likeness (QED) is 0.130. The van der Waals surface area contributed by atoms with Gasteiger partial charge in [0.2, 0.25) is 0 Å². The lowest BCUT2D eigenvalue weighted by Gasteiger charge is -2.59. The van der Waals surface area contributed by atoms with Crippen molar-refractivity contribution < 1.29 is 38.8 Å². The summed E-state index contributed by atoms with van der Waals surface area (Å²) in [4.78, 5) is 37.1. The Balaban J connectivity index is 0.000000138. The number of phenols is 1. The molecule has 0 aliphatic heterocycles.